The normalized spacial score (nSPS) is 26.3. The number of likely N-dealkylation sites (tertiary alicyclic amines) is 1. The number of esters is 1. The molecule has 5 heteroatoms. The minimum absolute atomic E-state index is 0.0764. The molecule has 1 spiro atoms. The smallest absolute Gasteiger partial charge is 0.336 e. The Morgan fingerprint density at radius 3 is 2.75 bits per heavy atom. The number of benzene rings is 2. The molecule has 0 saturated carbocycles. The molecular weight excluding hydrogens is 400 g/mol. The summed E-state index contributed by atoms with van der Waals surface area (Å²) in [5, 5.41) is 3.66. The summed E-state index contributed by atoms with van der Waals surface area (Å²) in [5.41, 5.74) is 6.26. The molecule has 3 aliphatic rings. The Morgan fingerprint density at radius 2 is 1.97 bits per heavy atom. The maximum atomic E-state index is 13.2. The molecule has 32 heavy (non-hydrogen) atoms. The number of para-hydroxylation sites is 1. The molecule has 3 heterocycles. The highest BCUT2D eigenvalue weighted by Crippen LogP contribution is 2.60. The number of hydrogen-bond acceptors (Lipinski definition) is 5. The summed E-state index contributed by atoms with van der Waals surface area (Å²) in [5.74, 6) is -0.335. The van der Waals surface area contributed by atoms with E-state index in [1.54, 1.807) is 12.5 Å². The third kappa shape index (κ3) is 2.71. The average Bonchev–Trinajstić information content (AvgIpc) is 3.56. The monoisotopic (exact) mass is 426 g/mol. The van der Waals surface area contributed by atoms with Crippen LogP contribution < -0.4 is 5.32 Å². The van der Waals surface area contributed by atoms with Gasteiger partial charge in [-0.05, 0) is 41.7 Å². The van der Waals surface area contributed by atoms with Crippen LogP contribution in [0.4, 0.5) is 5.69 Å². The molecule has 0 amide bonds. The van der Waals surface area contributed by atoms with Crippen molar-refractivity contribution in [1.29, 1.82) is 0 Å². The molecule has 3 aromatic rings. The highest BCUT2D eigenvalue weighted by molar-refractivity contribution is 5.94. The number of carbonyl (C=O) groups is 1. The summed E-state index contributed by atoms with van der Waals surface area (Å²) in [6.07, 6.45) is 5.27. The van der Waals surface area contributed by atoms with Crippen LogP contribution in [0.25, 0.3) is 0 Å². The zero-order valence-corrected chi connectivity index (χ0v) is 18.1. The molecule has 1 aliphatic carbocycles. The molecule has 2 aromatic carbocycles. The topological polar surface area (TPSA) is 54.7 Å². The minimum atomic E-state index is -0.258. The Bertz CT molecular complexity index is 1180. The maximum absolute atomic E-state index is 13.2. The number of carbonyl (C=O) groups excluding carboxylic acids is 1. The molecular formula is C27H26N2O3. The van der Waals surface area contributed by atoms with Crippen LogP contribution in [0.3, 0.4) is 0 Å². The summed E-state index contributed by atoms with van der Waals surface area (Å²) in [6.45, 7) is 1.88. The predicted octanol–water partition coefficient (Wildman–Crippen LogP) is 4.83. The Hall–Kier alpha value is -3.31. The van der Waals surface area contributed by atoms with Gasteiger partial charge in [-0.3, -0.25) is 4.90 Å². The Labute approximate surface area is 187 Å². The lowest BCUT2D eigenvalue weighted by atomic mass is 9.63. The fraction of sp³-hybridized carbons (Fsp3) is 0.296. The van der Waals surface area contributed by atoms with E-state index in [2.05, 4.69) is 64.8 Å². The van der Waals surface area contributed by atoms with Gasteiger partial charge in [0, 0.05) is 36.4 Å². The van der Waals surface area contributed by atoms with Gasteiger partial charge >= 0.3 is 5.97 Å². The van der Waals surface area contributed by atoms with E-state index < -0.39 is 0 Å². The number of rotatable bonds is 4. The third-order valence-corrected chi connectivity index (χ3v) is 7.57. The summed E-state index contributed by atoms with van der Waals surface area (Å²) in [6, 6.07) is 21.4. The van der Waals surface area contributed by atoms with Crippen molar-refractivity contribution in [3.05, 3.63) is 101 Å². The fourth-order valence-electron chi connectivity index (χ4n) is 6.23. The highest BCUT2D eigenvalue weighted by atomic mass is 16.5. The first-order chi connectivity index (χ1) is 15.7. The van der Waals surface area contributed by atoms with Crippen molar-refractivity contribution in [2.45, 2.75) is 36.8 Å². The summed E-state index contributed by atoms with van der Waals surface area (Å²) >= 11 is 0. The van der Waals surface area contributed by atoms with Crippen LogP contribution in [0.2, 0.25) is 0 Å². The van der Waals surface area contributed by atoms with Gasteiger partial charge in [0.1, 0.15) is 0 Å². The van der Waals surface area contributed by atoms with E-state index in [4.69, 9.17) is 9.15 Å². The maximum Gasteiger partial charge on any atom is 0.336 e. The number of nitrogens with one attached hydrogen (secondary N) is 1. The number of fused-ring (bicyclic) bond motifs is 1. The standard InChI is InChI=1S/C27H26N2O3/c1-31-26(30)24-20(19-11-14-32-17-19)15-23-27(21-9-5-6-10-22(21)28-25(24)27)12-13-29(23)16-18-7-3-2-4-8-18/h2-11,14,17,20,23,28H,12-13,15-16H2,1H3/t20-,23?,27+/m0/s1. The van der Waals surface area contributed by atoms with Gasteiger partial charge in [-0.15, -0.1) is 0 Å². The molecule has 0 radical (unpaired) electrons. The molecule has 1 saturated heterocycles. The van der Waals surface area contributed by atoms with E-state index in [-0.39, 0.29) is 23.3 Å². The summed E-state index contributed by atoms with van der Waals surface area (Å²) < 4.78 is 10.7. The van der Waals surface area contributed by atoms with Gasteiger partial charge in [-0.1, -0.05) is 48.5 Å². The van der Waals surface area contributed by atoms with E-state index >= 15 is 0 Å². The second-order valence-corrected chi connectivity index (χ2v) is 8.99. The second kappa shape index (κ2) is 7.38. The molecule has 6 rings (SSSR count). The van der Waals surface area contributed by atoms with Crippen LogP contribution in [0.15, 0.2) is 88.9 Å². The van der Waals surface area contributed by atoms with Gasteiger partial charge in [0.15, 0.2) is 0 Å². The molecule has 1 N–H and O–H groups in total. The number of hydrogen-bond donors (Lipinski definition) is 1. The highest BCUT2D eigenvalue weighted by Gasteiger charge is 2.60. The molecule has 1 aromatic heterocycles. The number of methoxy groups -OCH3 is 1. The van der Waals surface area contributed by atoms with Crippen LogP contribution in [-0.4, -0.2) is 30.6 Å². The van der Waals surface area contributed by atoms with Gasteiger partial charge in [0.05, 0.1) is 30.6 Å². The van der Waals surface area contributed by atoms with Crippen molar-refractivity contribution in [3.63, 3.8) is 0 Å². The first kappa shape index (κ1) is 19.4. The molecule has 0 bridgehead atoms. The number of anilines is 1. The zero-order valence-electron chi connectivity index (χ0n) is 18.1. The first-order valence-corrected chi connectivity index (χ1v) is 11.2. The van der Waals surface area contributed by atoms with Crippen molar-refractivity contribution in [2.75, 3.05) is 19.0 Å². The van der Waals surface area contributed by atoms with E-state index in [1.165, 1.54) is 18.2 Å². The molecule has 3 atom stereocenters. The van der Waals surface area contributed by atoms with Crippen molar-refractivity contribution in [3.8, 4) is 0 Å². The molecule has 1 fully saturated rings. The molecule has 1 unspecified atom stereocenters. The van der Waals surface area contributed by atoms with E-state index in [0.29, 0.717) is 0 Å². The first-order valence-electron chi connectivity index (χ1n) is 11.2. The van der Waals surface area contributed by atoms with E-state index in [9.17, 15) is 4.79 Å². The number of ether oxygens (including phenoxy) is 1. The van der Waals surface area contributed by atoms with Gasteiger partial charge in [-0.25, -0.2) is 4.79 Å². The van der Waals surface area contributed by atoms with Crippen molar-refractivity contribution >= 4 is 11.7 Å². The Kier molecular flexibility index (Phi) is 4.47. The van der Waals surface area contributed by atoms with Crippen molar-refractivity contribution in [2.24, 2.45) is 0 Å². The van der Waals surface area contributed by atoms with Crippen molar-refractivity contribution in [1.82, 2.24) is 4.90 Å². The van der Waals surface area contributed by atoms with Crippen LogP contribution >= 0.6 is 0 Å². The average molecular weight is 427 g/mol. The number of nitrogens with zero attached hydrogens (tertiary/aromatic N) is 1. The lowest BCUT2D eigenvalue weighted by Crippen LogP contribution is -2.48. The van der Waals surface area contributed by atoms with E-state index in [0.717, 1.165) is 48.5 Å². The van der Waals surface area contributed by atoms with Gasteiger partial charge in [0.25, 0.3) is 0 Å². The number of furan rings is 1. The Balaban J connectivity index is 1.53. The Morgan fingerprint density at radius 1 is 1.16 bits per heavy atom. The quantitative estimate of drug-likeness (QED) is 0.606. The fourth-order valence-corrected chi connectivity index (χ4v) is 6.23. The van der Waals surface area contributed by atoms with Crippen LogP contribution in [0.1, 0.15) is 35.4 Å². The SMILES string of the molecule is COC(=O)C1=C2Nc3ccccc3[C@@]23CCN(Cc2ccccc2)C3C[C@H]1c1ccoc1. The summed E-state index contributed by atoms with van der Waals surface area (Å²) in [7, 11) is 1.47. The molecule has 162 valence electrons. The van der Waals surface area contributed by atoms with Gasteiger partial charge < -0.3 is 14.5 Å². The van der Waals surface area contributed by atoms with Crippen molar-refractivity contribution < 1.29 is 13.9 Å². The van der Waals surface area contributed by atoms with Crippen LogP contribution in [0, 0.1) is 0 Å². The van der Waals surface area contributed by atoms with Crippen LogP contribution in [0.5, 0.6) is 0 Å². The molecule has 2 aliphatic heterocycles. The predicted molar refractivity (Wildman–Crippen MR) is 122 cm³/mol. The summed E-state index contributed by atoms with van der Waals surface area (Å²) in [4.78, 5) is 15.8. The molecule has 5 nitrogen and oxygen atoms in total. The lowest BCUT2D eigenvalue weighted by molar-refractivity contribution is -0.136. The second-order valence-electron chi connectivity index (χ2n) is 8.99. The van der Waals surface area contributed by atoms with Crippen LogP contribution in [-0.2, 0) is 21.5 Å². The zero-order chi connectivity index (χ0) is 21.7. The van der Waals surface area contributed by atoms with Gasteiger partial charge in [-0.2, -0.15) is 0 Å². The largest absolute Gasteiger partial charge is 0.472 e. The van der Waals surface area contributed by atoms with E-state index in [1.807, 2.05) is 6.07 Å². The lowest BCUT2D eigenvalue weighted by Gasteiger charge is -2.43. The van der Waals surface area contributed by atoms with Gasteiger partial charge in [0.2, 0.25) is 0 Å². The third-order valence-electron chi connectivity index (χ3n) is 7.57. The minimum Gasteiger partial charge on any atom is -0.472 e.